The third-order valence-corrected chi connectivity index (χ3v) is 4.66. The molecule has 130 valence electrons. The summed E-state index contributed by atoms with van der Waals surface area (Å²) in [4.78, 5) is 6.84. The lowest BCUT2D eigenvalue weighted by molar-refractivity contribution is 0.267. The van der Waals surface area contributed by atoms with Crippen LogP contribution >= 0.6 is 0 Å². The summed E-state index contributed by atoms with van der Waals surface area (Å²) in [5.41, 5.74) is 0.885. The first kappa shape index (κ1) is 16.7. The van der Waals surface area contributed by atoms with Crippen LogP contribution in [0.15, 0.2) is 29.4 Å². The molecule has 2 aromatic rings. The van der Waals surface area contributed by atoms with Crippen LogP contribution in [0, 0.1) is 0 Å². The van der Waals surface area contributed by atoms with Crippen molar-refractivity contribution in [1.82, 2.24) is 30.1 Å². The monoisotopic (exact) mass is 329 g/mol. The summed E-state index contributed by atoms with van der Waals surface area (Å²) < 4.78 is 2.02. The molecule has 3 heterocycles. The van der Waals surface area contributed by atoms with Gasteiger partial charge < -0.3 is 10.6 Å². The number of likely N-dealkylation sites (tertiary alicyclic amines) is 1. The number of nitrogens with zero attached hydrogens (tertiary/aromatic N) is 5. The van der Waals surface area contributed by atoms with E-state index < -0.39 is 0 Å². The molecule has 0 spiro atoms. The topological polar surface area (TPSA) is 69.8 Å². The van der Waals surface area contributed by atoms with E-state index in [2.05, 4.69) is 37.6 Å². The van der Waals surface area contributed by atoms with Gasteiger partial charge in [-0.25, -0.2) is 0 Å². The first-order valence-electron chi connectivity index (χ1n) is 8.79. The Morgan fingerprint density at radius 3 is 3.08 bits per heavy atom. The molecule has 2 aromatic heterocycles. The number of aromatic nitrogens is 3. The first-order valence-corrected chi connectivity index (χ1v) is 8.79. The zero-order valence-electron chi connectivity index (χ0n) is 14.6. The number of guanidine groups is 1. The highest BCUT2D eigenvalue weighted by atomic mass is 15.3. The van der Waals surface area contributed by atoms with Gasteiger partial charge in [0, 0.05) is 38.8 Å². The molecular formula is C17H27N7. The van der Waals surface area contributed by atoms with Crippen LogP contribution in [0.4, 0.5) is 0 Å². The van der Waals surface area contributed by atoms with Gasteiger partial charge in [0.1, 0.15) is 5.82 Å². The van der Waals surface area contributed by atoms with E-state index in [1.807, 2.05) is 35.8 Å². The highest BCUT2D eigenvalue weighted by Crippen LogP contribution is 2.15. The van der Waals surface area contributed by atoms with Gasteiger partial charge >= 0.3 is 0 Å². The third-order valence-electron chi connectivity index (χ3n) is 4.66. The fourth-order valence-corrected chi connectivity index (χ4v) is 3.33. The summed E-state index contributed by atoms with van der Waals surface area (Å²) in [5, 5.41) is 15.2. The molecule has 7 heteroatoms. The molecule has 1 aliphatic heterocycles. The Bertz CT molecular complexity index is 678. The van der Waals surface area contributed by atoms with Crippen molar-refractivity contribution >= 4 is 11.6 Å². The van der Waals surface area contributed by atoms with Crippen molar-refractivity contribution in [2.45, 2.75) is 32.2 Å². The second-order valence-corrected chi connectivity index (χ2v) is 6.10. The molecule has 0 amide bonds. The molecule has 0 saturated carbocycles. The van der Waals surface area contributed by atoms with Crippen molar-refractivity contribution < 1.29 is 0 Å². The predicted molar refractivity (Wildman–Crippen MR) is 96.3 cm³/mol. The van der Waals surface area contributed by atoms with Gasteiger partial charge in [-0.05, 0) is 38.1 Å². The third kappa shape index (κ3) is 3.84. The van der Waals surface area contributed by atoms with Crippen LogP contribution in [-0.2, 0) is 6.42 Å². The van der Waals surface area contributed by atoms with E-state index in [1.165, 1.54) is 19.4 Å². The van der Waals surface area contributed by atoms with Gasteiger partial charge in [-0.15, -0.1) is 10.2 Å². The zero-order valence-corrected chi connectivity index (χ0v) is 14.6. The number of aliphatic imine (C=N–C) groups is 1. The van der Waals surface area contributed by atoms with Gasteiger partial charge in [0.05, 0.1) is 0 Å². The lowest BCUT2D eigenvalue weighted by Gasteiger charge is -2.23. The Balaban J connectivity index is 1.46. The summed E-state index contributed by atoms with van der Waals surface area (Å²) >= 11 is 0. The molecule has 2 N–H and O–H groups in total. The average molecular weight is 329 g/mol. The van der Waals surface area contributed by atoms with Crippen molar-refractivity contribution in [2.75, 3.05) is 33.2 Å². The number of pyridine rings is 1. The Morgan fingerprint density at radius 2 is 2.25 bits per heavy atom. The van der Waals surface area contributed by atoms with Crippen LogP contribution in [-0.4, -0.2) is 64.7 Å². The Kier molecular flexibility index (Phi) is 5.63. The van der Waals surface area contributed by atoms with Crippen LogP contribution in [0.3, 0.4) is 0 Å². The molecule has 0 bridgehead atoms. The fourth-order valence-electron chi connectivity index (χ4n) is 3.33. The summed E-state index contributed by atoms with van der Waals surface area (Å²) in [6, 6.07) is 6.55. The summed E-state index contributed by atoms with van der Waals surface area (Å²) in [5.74, 6) is 1.81. The number of hydrogen-bond donors (Lipinski definition) is 2. The first-order chi connectivity index (χ1) is 11.8. The minimum absolute atomic E-state index is 0.619. The molecule has 1 unspecified atom stereocenters. The second kappa shape index (κ2) is 8.10. The Morgan fingerprint density at radius 1 is 1.33 bits per heavy atom. The van der Waals surface area contributed by atoms with E-state index >= 15 is 0 Å². The van der Waals surface area contributed by atoms with E-state index in [0.717, 1.165) is 43.5 Å². The van der Waals surface area contributed by atoms with Crippen molar-refractivity contribution in [3.63, 3.8) is 0 Å². The molecule has 24 heavy (non-hydrogen) atoms. The standard InChI is InChI=1S/C17H27N7/c1-3-23-11-6-7-14(23)13-20-17(18-2)19-10-9-16-22-21-15-8-4-5-12-24(15)16/h4-5,8,12,14H,3,6-7,9-11,13H2,1-2H3,(H2,18,19,20). The maximum Gasteiger partial charge on any atom is 0.191 e. The van der Waals surface area contributed by atoms with Gasteiger partial charge in [-0.1, -0.05) is 13.0 Å². The average Bonchev–Trinajstić information content (AvgIpc) is 3.24. The fraction of sp³-hybridized carbons (Fsp3) is 0.588. The van der Waals surface area contributed by atoms with Crippen molar-refractivity contribution in [1.29, 1.82) is 0 Å². The van der Waals surface area contributed by atoms with Crippen molar-refractivity contribution in [3.8, 4) is 0 Å². The van der Waals surface area contributed by atoms with Crippen LogP contribution in [0.2, 0.25) is 0 Å². The summed E-state index contributed by atoms with van der Waals surface area (Å²) in [6.07, 6.45) is 5.36. The van der Waals surface area contributed by atoms with Gasteiger partial charge in [-0.2, -0.15) is 0 Å². The smallest absolute Gasteiger partial charge is 0.191 e. The molecule has 1 aliphatic rings. The molecule has 1 saturated heterocycles. The van der Waals surface area contributed by atoms with E-state index in [0.29, 0.717) is 6.04 Å². The van der Waals surface area contributed by atoms with E-state index in [9.17, 15) is 0 Å². The SMILES string of the molecule is CCN1CCCC1CNC(=NC)NCCc1nnc2ccccn12. The van der Waals surface area contributed by atoms with Crippen molar-refractivity contribution in [3.05, 3.63) is 30.2 Å². The molecule has 3 rings (SSSR count). The van der Waals surface area contributed by atoms with Crippen LogP contribution in [0.1, 0.15) is 25.6 Å². The lowest BCUT2D eigenvalue weighted by atomic mass is 10.2. The normalized spacial score (nSPS) is 19.1. The summed E-state index contributed by atoms with van der Waals surface area (Å²) in [6.45, 7) is 6.29. The largest absolute Gasteiger partial charge is 0.356 e. The summed E-state index contributed by atoms with van der Waals surface area (Å²) in [7, 11) is 1.81. The van der Waals surface area contributed by atoms with Crippen molar-refractivity contribution in [2.24, 2.45) is 4.99 Å². The second-order valence-electron chi connectivity index (χ2n) is 6.10. The highest BCUT2D eigenvalue weighted by molar-refractivity contribution is 5.79. The molecular weight excluding hydrogens is 302 g/mol. The predicted octanol–water partition coefficient (Wildman–Crippen LogP) is 0.921. The molecule has 0 radical (unpaired) electrons. The quantitative estimate of drug-likeness (QED) is 0.609. The molecule has 0 aliphatic carbocycles. The van der Waals surface area contributed by atoms with E-state index in [4.69, 9.17) is 0 Å². The minimum Gasteiger partial charge on any atom is -0.356 e. The van der Waals surface area contributed by atoms with Gasteiger partial charge in [0.2, 0.25) is 0 Å². The van der Waals surface area contributed by atoms with Crippen LogP contribution < -0.4 is 10.6 Å². The molecule has 1 atom stereocenters. The van der Waals surface area contributed by atoms with Crippen LogP contribution in [0.25, 0.3) is 5.65 Å². The molecule has 0 aromatic carbocycles. The Hall–Kier alpha value is -2.15. The van der Waals surface area contributed by atoms with E-state index in [1.54, 1.807) is 0 Å². The zero-order chi connectivity index (χ0) is 16.8. The highest BCUT2D eigenvalue weighted by Gasteiger charge is 2.22. The maximum absolute atomic E-state index is 4.31. The van der Waals surface area contributed by atoms with Gasteiger partial charge in [0.25, 0.3) is 0 Å². The Labute approximate surface area is 143 Å². The molecule has 7 nitrogen and oxygen atoms in total. The number of likely N-dealkylation sites (N-methyl/N-ethyl adjacent to an activating group) is 1. The lowest BCUT2D eigenvalue weighted by Crippen LogP contribution is -2.45. The van der Waals surface area contributed by atoms with Gasteiger partial charge in [0.15, 0.2) is 11.6 Å². The molecule has 1 fully saturated rings. The van der Waals surface area contributed by atoms with Crippen LogP contribution in [0.5, 0.6) is 0 Å². The van der Waals surface area contributed by atoms with E-state index in [-0.39, 0.29) is 0 Å². The van der Waals surface area contributed by atoms with Gasteiger partial charge in [-0.3, -0.25) is 14.3 Å². The number of rotatable bonds is 6. The number of fused-ring (bicyclic) bond motifs is 1. The minimum atomic E-state index is 0.619. The number of hydrogen-bond acceptors (Lipinski definition) is 4. The number of nitrogens with one attached hydrogen (secondary N) is 2. The maximum atomic E-state index is 4.31.